The van der Waals surface area contributed by atoms with Crippen molar-refractivity contribution in [3.8, 4) is 0 Å². The molecule has 6 nitrogen and oxygen atoms in total. The Hall–Kier alpha value is -1.76. The molecule has 1 fully saturated rings. The molecule has 0 radical (unpaired) electrons. The average Bonchev–Trinajstić information content (AvgIpc) is 2.75. The third-order valence-corrected chi connectivity index (χ3v) is 5.76. The van der Waals surface area contributed by atoms with Crippen LogP contribution in [0.5, 0.6) is 0 Å². The van der Waals surface area contributed by atoms with Crippen LogP contribution in [0.3, 0.4) is 0 Å². The zero-order valence-electron chi connectivity index (χ0n) is 15.3. The fourth-order valence-corrected chi connectivity index (χ4v) is 4.81. The summed E-state index contributed by atoms with van der Waals surface area (Å²) < 4.78 is 6.46. The number of carbonyl (C=O) groups excluding carboxylic acids is 2. The summed E-state index contributed by atoms with van der Waals surface area (Å²) in [6.07, 6.45) is 0.625. The molecule has 3 aliphatic rings. The van der Waals surface area contributed by atoms with Gasteiger partial charge in [0.05, 0.1) is 11.3 Å². The number of piperidine rings is 1. The van der Waals surface area contributed by atoms with E-state index in [9.17, 15) is 9.59 Å². The van der Waals surface area contributed by atoms with Gasteiger partial charge in [0.1, 0.15) is 5.60 Å². The first kappa shape index (κ1) is 17.6. The Bertz CT molecular complexity index is 774. The van der Waals surface area contributed by atoms with Gasteiger partial charge in [0.2, 0.25) is 0 Å². The summed E-state index contributed by atoms with van der Waals surface area (Å²) in [5.41, 5.74) is 2.43. The smallest absolute Gasteiger partial charge is 0.410 e. The summed E-state index contributed by atoms with van der Waals surface area (Å²) >= 11 is 3.55. The van der Waals surface area contributed by atoms with Crippen LogP contribution < -0.4 is 10.2 Å². The molecule has 2 amide bonds. The fourth-order valence-electron chi connectivity index (χ4n) is 4.34. The predicted molar refractivity (Wildman–Crippen MR) is 103 cm³/mol. The van der Waals surface area contributed by atoms with Crippen molar-refractivity contribution in [2.75, 3.05) is 31.1 Å². The average molecular weight is 422 g/mol. The number of benzene rings is 1. The van der Waals surface area contributed by atoms with Crippen LogP contribution in [0.1, 0.15) is 49.0 Å². The van der Waals surface area contributed by atoms with Gasteiger partial charge in [0.25, 0.3) is 5.91 Å². The summed E-state index contributed by atoms with van der Waals surface area (Å²) in [5, 5.41) is 2.98. The number of nitrogens with one attached hydrogen (secondary N) is 1. The van der Waals surface area contributed by atoms with Gasteiger partial charge in [-0.05, 0) is 44.9 Å². The highest BCUT2D eigenvalue weighted by molar-refractivity contribution is 9.10. The van der Waals surface area contributed by atoms with Crippen LogP contribution in [0.2, 0.25) is 0 Å². The second-order valence-corrected chi connectivity index (χ2v) is 9.15. The molecule has 1 N–H and O–H groups in total. The lowest BCUT2D eigenvalue weighted by Crippen LogP contribution is -2.50. The molecule has 26 heavy (non-hydrogen) atoms. The van der Waals surface area contributed by atoms with Gasteiger partial charge in [0, 0.05) is 42.6 Å². The topological polar surface area (TPSA) is 61.9 Å². The number of rotatable bonds is 0. The highest BCUT2D eigenvalue weighted by atomic mass is 79.9. The Labute approximate surface area is 162 Å². The van der Waals surface area contributed by atoms with E-state index in [-0.39, 0.29) is 17.9 Å². The first-order chi connectivity index (χ1) is 12.2. The molecular formula is C19H24BrN3O3. The molecule has 3 heterocycles. The van der Waals surface area contributed by atoms with Gasteiger partial charge in [-0.1, -0.05) is 15.9 Å². The highest BCUT2D eigenvalue weighted by Crippen LogP contribution is 2.48. The zero-order chi connectivity index (χ0) is 18.6. The van der Waals surface area contributed by atoms with E-state index in [0.717, 1.165) is 34.3 Å². The van der Waals surface area contributed by atoms with Gasteiger partial charge >= 0.3 is 6.09 Å². The number of amides is 2. The van der Waals surface area contributed by atoms with Crippen LogP contribution in [0.25, 0.3) is 0 Å². The van der Waals surface area contributed by atoms with E-state index >= 15 is 0 Å². The van der Waals surface area contributed by atoms with Crippen LogP contribution >= 0.6 is 15.9 Å². The Morgan fingerprint density at radius 3 is 2.81 bits per heavy atom. The maximum absolute atomic E-state index is 12.5. The Morgan fingerprint density at radius 1 is 1.31 bits per heavy atom. The van der Waals surface area contributed by atoms with Crippen LogP contribution in [0, 0.1) is 0 Å². The summed E-state index contributed by atoms with van der Waals surface area (Å²) in [5.74, 6) is 0.182. The van der Waals surface area contributed by atoms with E-state index in [1.165, 1.54) is 0 Å². The lowest BCUT2D eigenvalue weighted by molar-refractivity contribution is 0.0189. The van der Waals surface area contributed by atoms with Crippen molar-refractivity contribution in [3.63, 3.8) is 0 Å². The maximum Gasteiger partial charge on any atom is 0.410 e. The number of halogens is 1. The molecule has 4 rings (SSSR count). The van der Waals surface area contributed by atoms with Crippen molar-refractivity contribution in [3.05, 3.63) is 27.7 Å². The van der Waals surface area contributed by atoms with Crippen LogP contribution in [0.4, 0.5) is 10.5 Å². The molecule has 7 heteroatoms. The van der Waals surface area contributed by atoms with Gasteiger partial charge < -0.3 is 19.9 Å². The molecule has 0 spiro atoms. The Kier molecular flexibility index (Phi) is 4.17. The molecular weight excluding hydrogens is 398 g/mol. The van der Waals surface area contributed by atoms with Crippen LogP contribution in [-0.4, -0.2) is 54.7 Å². The monoisotopic (exact) mass is 421 g/mol. The Morgan fingerprint density at radius 2 is 2.08 bits per heavy atom. The van der Waals surface area contributed by atoms with Gasteiger partial charge in [-0.3, -0.25) is 4.79 Å². The highest BCUT2D eigenvalue weighted by Gasteiger charge is 2.45. The second kappa shape index (κ2) is 6.15. The SMILES string of the molecule is CC(C)(C)OC(=O)N1CC[C@@H]2[C@H](C1)c1cc(Br)cc3c1N2CCNC3=O. The molecule has 0 aliphatic carbocycles. The van der Waals surface area contributed by atoms with Gasteiger partial charge in [-0.15, -0.1) is 0 Å². The molecule has 2 atom stereocenters. The van der Waals surface area contributed by atoms with E-state index in [4.69, 9.17) is 4.74 Å². The minimum Gasteiger partial charge on any atom is -0.444 e. The summed E-state index contributed by atoms with van der Waals surface area (Å²) in [6.45, 7) is 8.42. The van der Waals surface area contributed by atoms with E-state index in [1.807, 2.05) is 31.7 Å². The summed E-state index contributed by atoms with van der Waals surface area (Å²) in [7, 11) is 0. The molecule has 0 saturated carbocycles. The third kappa shape index (κ3) is 2.96. The van der Waals surface area contributed by atoms with Crippen molar-refractivity contribution in [1.82, 2.24) is 10.2 Å². The van der Waals surface area contributed by atoms with Crippen LogP contribution in [-0.2, 0) is 4.74 Å². The molecule has 1 saturated heterocycles. The summed E-state index contributed by atoms with van der Waals surface area (Å²) in [4.78, 5) is 29.2. The van der Waals surface area contributed by atoms with Crippen molar-refractivity contribution >= 4 is 33.6 Å². The van der Waals surface area contributed by atoms with Crippen molar-refractivity contribution in [2.24, 2.45) is 0 Å². The van der Waals surface area contributed by atoms with E-state index in [1.54, 1.807) is 0 Å². The minimum atomic E-state index is -0.497. The molecule has 0 bridgehead atoms. The first-order valence-electron chi connectivity index (χ1n) is 9.11. The van der Waals surface area contributed by atoms with Crippen molar-refractivity contribution in [2.45, 2.75) is 44.8 Å². The van der Waals surface area contributed by atoms with Gasteiger partial charge in [-0.25, -0.2) is 4.79 Å². The molecule has 1 aromatic rings. The number of anilines is 1. The molecule has 0 aromatic heterocycles. The standard InChI is InChI=1S/C19H24BrN3O3/c1-19(2,3)26-18(25)22-6-4-15-14(10-22)12-8-11(20)9-13-16(12)23(15)7-5-21-17(13)24/h8-9,14-15H,4-7,10H2,1-3H3,(H,21,24)/t14-,15-/m1/s1. The van der Waals surface area contributed by atoms with E-state index < -0.39 is 5.60 Å². The van der Waals surface area contributed by atoms with Crippen molar-refractivity contribution < 1.29 is 14.3 Å². The number of fused-ring (bicyclic) bond motifs is 3. The second-order valence-electron chi connectivity index (χ2n) is 8.23. The molecule has 140 valence electrons. The fraction of sp³-hybridized carbons (Fsp3) is 0.579. The van der Waals surface area contributed by atoms with Crippen LogP contribution in [0.15, 0.2) is 16.6 Å². The number of hydrogen-bond donors (Lipinski definition) is 1. The zero-order valence-corrected chi connectivity index (χ0v) is 16.9. The molecule has 0 unspecified atom stereocenters. The predicted octanol–water partition coefficient (Wildman–Crippen LogP) is 3.11. The van der Waals surface area contributed by atoms with E-state index in [2.05, 4.69) is 32.2 Å². The molecule has 3 aliphatic heterocycles. The van der Waals surface area contributed by atoms with Crippen molar-refractivity contribution in [1.29, 1.82) is 0 Å². The number of ether oxygens (including phenoxy) is 1. The van der Waals surface area contributed by atoms with Gasteiger partial charge in [-0.2, -0.15) is 0 Å². The first-order valence-corrected chi connectivity index (χ1v) is 9.90. The third-order valence-electron chi connectivity index (χ3n) is 5.30. The summed E-state index contributed by atoms with van der Waals surface area (Å²) in [6, 6.07) is 4.33. The van der Waals surface area contributed by atoms with Gasteiger partial charge in [0.15, 0.2) is 0 Å². The number of likely N-dealkylation sites (tertiary alicyclic amines) is 1. The number of carbonyl (C=O) groups is 2. The molecule has 1 aromatic carbocycles. The lowest BCUT2D eigenvalue weighted by Gasteiger charge is -2.39. The quantitative estimate of drug-likeness (QED) is 0.698. The number of nitrogens with zero attached hydrogens (tertiary/aromatic N) is 2. The van der Waals surface area contributed by atoms with E-state index in [0.29, 0.717) is 25.7 Å². The minimum absolute atomic E-state index is 0.0207. The maximum atomic E-state index is 12.5. The normalized spacial score (nSPS) is 24.5. The Balaban J connectivity index is 1.68. The lowest BCUT2D eigenvalue weighted by atomic mass is 9.88. The number of hydrogen-bond acceptors (Lipinski definition) is 4. The largest absolute Gasteiger partial charge is 0.444 e.